The lowest BCUT2D eigenvalue weighted by atomic mass is 10.2. The maximum Gasteiger partial charge on any atom is 0.236 e. The normalized spacial score (nSPS) is 12.3. The Morgan fingerprint density at radius 2 is 1.39 bits per heavy atom. The molecule has 1 amide bonds. The van der Waals surface area contributed by atoms with Crippen molar-refractivity contribution in [3.05, 3.63) is 29.1 Å². The molecule has 0 saturated heterocycles. The fourth-order valence-corrected chi connectivity index (χ4v) is 1.07. The van der Waals surface area contributed by atoms with Gasteiger partial charge in [0, 0.05) is 6.54 Å². The summed E-state index contributed by atoms with van der Waals surface area (Å²) >= 11 is 0. The minimum atomic E-state index is -2.27. The Morgan fingerprint density at radius 3 is 1.78 bits per heavy atom. The van der Waals surface area contributed by atoms with E-state index in [1.165, 1.54) is 0 Å². The summed E-state index contributed by atoms with van der Waals surface area (Å²) < 4.78 is 64.4. The average Bonchev–Trinajstić information content (AvgIpc) is 2.33. The largest absolute Gasteiger partial charge is 0.378 e. The first kappa shape index (κ1) is 14.2. The molecule has 1 unspecified atom stereocenters. The minimum absolute atomic E-state index is 0.576. The fraction of sp³-hybridized carbons (Fsp3) is 0.222. The molecule has 0 aromatic heterocycles. The molecule has 100 valence electrons. The van der Waals surface area contributed by atoms with Gasteiger partial charge in [-0.3, -0.25) is 4.79 Å². The molecule has 9 heteroatoms. The maximum atomic E-state index is 13.1. The van der Waals surface area contributed by atoms with Crippen molar-refractivity contribution in [1.82, 2.24) is 0 Å². The molecule has 0 aliphatic heterocycles. The molecule has 1 aromatic carbocycles. The van der Waals surface area contributed by atoms with Gasteiger partial charge in [-0.2, -0.15) is 0 Å². The highest BCUT2D eigenvalue weighted by molar-refractivity contribution is 5.80. The second kappa shape index (κ2) is 5.17. The molecule has 1 rings (SSSR count). The van der Waals surface area contributed by atoms with Crippen LogP contribution >= 0.6 is 0 Å². The summed E-state index contributed by atoms with van der Waals surface area (Å²) in [5, 5.41) is 1.85. The van der Waals surface area contributed by atoms with Crippen molar-refractivity contribution in [3.63, 3.8) is 0 Å². The maximum absolute atomic E-state index is 13.1. The third-order valence-corrected chi connectivity index (χ3v) is 2.07. The molecule has 1 aromatic rings. The number of halogens is 5. The quantitative estimate of drug-likeness (QED) is 0.425. The van der Waals surface area contributed by atoms with E-state index in [0.717, 1.165) is 0 Å². The predicted octanol–water partition coefficient (Wildman–Crippen LogP) is 0.607. The predicted molar refractivity (Wildman–Crippen MR) is 51.9 cm³/mol. The second-order valence-electron chi connectivity index (χ2n) is 3.33. The Balaban J connectivity index is 3.07. The van der Waals surface area contributed by atoms with E-state index in [2.05, 4.69) is 0 Å². The van der Waals surface area contributed by atoms with Gasteiger partial charge in [-0.25, -0.2) is 22.0 Å². The van der Waals surface area contributed by atoms with Gasteiger partial charge in [0.2, 0.25) is 11.7 Å². The van der Waals surface area contributed by atoms with Gasteiger partial charge in [0.1, 0.15) is 11.7 Å². The zero-order valence-corrected chi connectivity index (χ0v) is 8.74. The standard InChI is InChI=1S/C9H8F5N3O/c10-3-4(11)6(13)8(7(14)5(3)12)17-1-2(15)9(16)18/h2,17H,1,15H2,(H2,16,18). The number of anilines is 1. The SMILES string of the molecule is NC(=O)C(N)CNc1c(F)c(F)c(F)c(F)c1F. The highest BCUT2D eigenvalue weighted by atomic mass is 19.2. The average molecular weight is 269 g/mol. The molecular formula is C9H8F5N3O. The number of benzene rings is 1. The summed E-state index contributed by atoms with van der Waals surface area (Å²) in [4.78, 5) is 10.5. The third-order valence-electron chi connectivity index (χ3n) is 2.07. The van der Waals surface area contributed by atoms with E-state index in [1.807, 2.05) is 5.32 Å². The number of nitrogens with two attached hydrogens (primary N) is 2. The number of carbonyl (C=O) groups excluding carboxylic acids is 1. The van der Waals surface area contributed by atoms with E-state index in [9.17, 15) is 26.7 Å². The van der Waals surface area contributed by atoms with Gasteiger partial charge >= 0.3 is 0 Å². The summed E-state index contributed by atoms with van der Waals surface area (Å²) in [5.74, 6) is -11.5. The van der Waals surface area contributed by atoms with Crippen LogP contribution in [0.3, 0.4) is 0 Å². The van der Waals surface area contributed by atoms with Crippen LogP contribution in [0.5, 0.6) is 0 Å². The van der Waals surface area contributed by atoms with Crippen molar-refractivity contribution in [2.45, 2.75) is 6.04 Å². The molecule has 0 bridgehead atoms. The van der Waals surface area contributed by atoms with Gasteiger partial charge in [-0.05, 0) is 0 Å². The molecule has 18 heavy (non-hydrogen) atoms. The van der Waals surface area contributed by atoms with Gasteiger partial charge in [0.05, 0.1) is 0 Å². The molecular weight excluding hydrogens is 261 g/mol. The molecule has 0 spiro atoms. The van der Waals surface area contributed by atoms with Crippen LogP contribution in [0.4, 0.5) is 27.6 Å². The summed E-state index contributed by atoms with van der Waals surface area (Å²) in [5.41, 5.74) is 8.63. The highest BCUT2D eigenvalue weighted by Crippen LogP contribution is 2.26. The highest BCUT2D eigenvalue weighted by Gasteiger charge is 2.26. The molecule has 0 radical (unpaired) electrons. The van der Waals surface area contributed by atoms with E-state index in [0.29, 0.717) is 0 Å². The van der Waals surface area contributed by atoms with Gasteiger partial charge in [-0.15, -0.1) is 0 Å². The van der Waals surface area contributed by atoms with Crippen LogP contribution in [-0.4, -0.2) is 18.5 Å². The van der Waals surface area contributed by atoms with Gasteiger partial charge in [0.25, 0.3) is 0 Å². The number of hydrogen-bond donors (Lipinski definition) is 3. The Bertz CT molecular complexity index is 465. The number of rotatable bonds is 4. The number of nitrogens with one attached hydrogen (secondary N) is 1. The van der Waals surface area contributed by atoms with Crippen LogP contribution in [0.2, 0.25) is 0 Å². The number of carbonyl (C=O) groups is 1. The van der Waals surface area contributed by atoms with E-state index in [4.69, 9.17) is 11.5 Å². The van der Waals surface area contributed by atoms with E-state index >= 15 is 0 Å². The molecule has 1 atom stereocenters. The smallest absolute Gasteiger partial charge is 0.236 e. The summed E-state index contributed by atoms with van der Waals surface area (Å²) in [6.07, 6.45) is 0. The number of amides is 1. The molecule has 0 fully saturated rings. The second-order valence-corrected chi connectivity index (χ2v) is 3.33. The van der Waals surface area contributed by atoms with Gasteiger partial charge < -0.3 is 16.8 Å². The molecule has 0 aliphatic carbocycles. The van der Waals surface area contributed by atoms with E-state index in [1.54, 1.807) is 0 Å². The molecule has 5 N–H and O–H groups in total. The van der Waals surface area contributed by atoms with E-state index in [-0.39, 0.29) is 0 Å². The summed E-state index contributed by atoms with van der Waals surface area (Å²) in [6, 6.07) is -1.33. The summed E-state index contributed by atoms with van der Waals surface area (Å²) in [6.45, 7) is -0.576. The van der Waals surface area contributed by atoms with Gasteiger partial charge in [-0.1, -0.05) is 0 Å². The first-order chi connectivity index (χ1) is 8.27. The Morgan fingerprint density at radius 1 is 1.00 bits per heavy atom. The van der Waals surface area contributed by atoms with Crippen molar-refractivity contribution in [1.29, 1.82) is 0 Å². The zero-order chi connectivity index (χ0) is 14.0. The van der Waals surface area contributed by atoms with Crippen molar-refractivity contribution in [2.75, 3.05) is 11.9 Å². The van der Waals surface area contributed by atoms with Crippen LogP contribution in [0, 0.1) is 29.1 Å². The van der Waals surface area contributed by atoms with Crippen LogP contribution in [0.25, 0.3) is 0 Å². The monoisotopic (exact) mass is 269 g/mol. The fourth-order valence-electron chi connectivity index (χ4n) is 1.07. The molecule has 0 aliphatic rings. The van der Waals surface area contributed by atoms with Crippen LogP contribution in [-0.2, 0) is 4.79 Å². The van der Waals surface area contributed by atoms with Crippen molar-refractivity contribution >= 4 is 11.6 Å². The minimum Gasteiger partial charge on any atom is -0.378 e. The van der Waals surface area contributed by atoms with Crippen LogP contribution < -0.4 is 16.8 Å². The van der Waals surface area contributed by atoms with Crippen LogP contribution in [0.15, 0.2) is 0 Å². The Kier molecular flexibility index (Phi) is 4.07. The lowest BCUT2D eigenvalue weighted by Gasteiger charge is -2.13. The molecule has 4 nitrogen and oxygen atoms in total. The van der Waals surface area contributed by atoms with Crippen molar-refractivity contribution in [2.24, 2.45) is 11.5 Å². The Hall–Kier alpha value is -1.90. The number of hydrogen-bond acceptors (Lipinski definition) is 3. The first-order valence-corrected chi connectivity index (χ1v) is 4.57. The molecule has 0 saturated carbocycles. The van der Waals surface area contributed by atoms with Gasteiger partial charge in [0.15, 0.2) is 23.3 Å². The lowest BCUT2D eigenvalue weighted by Crippen LogP contribution is -2.42. The number of primary amides is 1. The zero-order valence-electron chi connectivity index (χ0n) is 8.74. The van der Waals surface area contributed by atoms with Crippen molar-refractivity contribution < 1.29 is 26.7 Å². The molecule has 0 heterocycles. The topological polar surface area (TPSA) is 81.1 Å². The first-order valence-electron chi connectivity index (χ1n) is 4.57. The third kappa shape index (κ3) is 2.50. The van der Waals surface area contributed by atoms with E-state index < -0.39 is 53.3 Å². The van der Waals surface area contributed by atoms with Crippen molar-refractivity contribution in [3.8, 4) is 0 Å². The lowest BCUT2D eigenvalue weighted by molar-refractivity contribution is -0.118. The summed E-state index contributed by atoms with van der Waals surface area (Å²) in [7, 11) is 0. The Labute approximate surface area is 97.7 Å². The van der Waals surface area contributed by atoms with Crippen LogP contribution in [0.1, 0.15) is 0 Å².